The van der Waals surface area contributed by atoms with Crippen molar-refractivity contribution in [2.24, 2.45) is 0 Å². The first kappa shape index (κ1) is 10.0. The van der Waals surface area contributed by atoms with Crippen LogP contribution >= 0.6 is 0 Å². The van der Waals surface area contributed by atoms with Gasteiger partial charge in [-0.2, -0.15) is 0 Å². The molecule has 1 rings (SSSR count). The highest BCUT2D eigenvalue weighted by Crippen LogP contribution is 2.08. The molecule has 2 heteroatoms. The van der Waals surface area contributed by atoms with Crippen molar-refractivity contribution in [3.8, 4) is 0 Å². The molecule has 0 aromatic carbocycles. The van der Waals surface area contributed by atoms with Gasteiger partial charge in [-0.05, 0) is 26.4 Å². The van der Waals surface area contributed by atoms with Crippen LogP contribution in [0.3, 0.4) is 0 Å². The molecule has 0 radical (unpaired) electrons. The maximum atomic E-state index is 2.58. The molecule has 1 fully saturated rings. The molecule has 0 bridgehead atoms. The summed E-state index contributed by atoms with van der Waals surface area (Å²) in [7, 11) is 0. The standard InChI is InChI=1S/C10H22N2/c1-4-6-11-7-8-12(5-2)10(3)9-11/h10H,4-9H2,1-3H3/t10-/m0/s1. The molecule has 2 nitrogen and oxygen atoms in total. The van der Waals surface area contributed by atoms with E-state index < -0.39 is 0 Å². The first-order valence-electron chi connectivity index (χ1n) is 5.24. The van der Waals surface area contributed by atoms with Crippen LogP contribution in [0.5, 0.6) is 0 Å². The molecule has 1 atom stereocenters. The Bertz CT molecular complexity index is 125. The lowest BCUT2D eigenvalue weighted by Crippen LogP contribution is -2.51. The second kappa shape index (κ2) is 4.83. The molecule has 72 valence electrons. The number of piperazine rings is 1. The fraction of sp³-hybridized carbons (Fsp3) is 1.00. The minimum Gasteiger partial charge on any atom is -0.301 e. The molecule has 0 saturated carbocycles. The molecule has 0 amide bonds. The summed E-state index contributed by atoms with van der Waals surface area (Å²) >= 11 is 0. The summed E-state index contributed by atoms with van der Waals surface area (Å²) in [5.74, 6) is 0. The van der Waals surface area contributed by atoms with Gasteiger partial charge in [0.25, 0.3) is 0 Å². The van der Waals surface area contributed by atoms with Crippen LogP contribution in [-0.2, 0) is 0 Å². The van der Waals surface area contributed by atoms with E-state index in [4.69, 9.17) is 0 Å². The van der Waals surface area contributed by atoms with Crippen molar-refractivity contribution in [2.45, 2.75) is 33.2 Å². The molecule has 0 N–H and O–H groups in total. The number of nitrogens with zero attached hydrogens (tertiary/aromatic N) is 2. The van der Waals surface area contributed by atoms with Gasteiger partial charge in [-0.15, -0.1) is 0 Å². The number of hydrogen-bond donors (Lipinski definition) is 0. The second-order valence-electron chi connectivity index (χ2n) is 3.78. The molecule has 0 spiro atoms. The zero-order valence-corrected chi connectivity index (χ0v) is 8.71. The molecular formula is C10H22N2. The molecule has 12 heavy (non-hydrogen) atoms. The topological polar surface area (TPSA) is 6.48 Å². The van der Waals surface area contributed by atoms with Crippen molar-refractivity contribution >= 4 is 0 Å². The zero-order chi connectivity index (χ0) is 8.97. The quantitative estimate of drug-likeness (QED) is 0.632. The maximum Gasteiger partial charge on any atom is 0.0195 e. The van der Waals surface area contributed by atoms with Crippen LogP contribution in [0.25, 0.3) is 0 Å². The highest BCUT2D eigenvalue weighted by Gasteiger charge is 2.20. The molecule has 0 aromatic heterocycles. The number of rotatable bonds is 3. The molecule has 1 heterocycles. The van der Waals surface area contributed by atoms with Gasteiger partial charge in [0.05, 0.1) is 0 Å². The van der Waals surface area contributed by atoms with Crippen molar-refractivity contribution in [3.63, 3.8) is 0 Å². The second-order valence-corrected chi connectivity index (χ2v) is 3.78. The molecule has 1 aliphatic heterocycles. The van der Waals surface area contributed by atoms with E-state index in [9.17, 15) is 0 Å². The Kier molecular flexibility index (Phi) is 4.02. The van der Waals surface area contributed by atoms with Crippen LogP contribution in [-0.4, -0.2) is 48.6 Å². The number of likely N-dealkylation sites (N-methyl/N-ethyl adjacent to an activating group) is 1. The Labute approximate surface area is 76.5 Å². The lowest BCUT2D eigenvalue weighted by molar-refractivity contribution is 0.0883. The Morgan fingerprint density at radius 3 is 2.50 bits per heavy atom. The monoisotopic (exact) mass is 170 g/mol. The van der Waals surface area contributed by atoms with Crippen LogP contribution in [0.2, 0.25) is 0 Å². The van der Waals surface area contributed by atoms with E-state index >= 15 is 0 Å². The lowest BCUT2D eigenvalue weighted by Gasteiger charge is -2.39. The van der Waals surface area contributed by atoms with Gasteiger partial charge in [-0.25, -0.2) is 0 Å². The fourth-order valence-corrected chi connectivity index (χ4v) is 2.06. The zero-order valence-electron chi connectivity index (χ0n) is 8.71. The third-order valence-corrected chi connectivity index (χ3v) is 2.80. The molecule has 1 aliphatic rings. The van der Waals surface area contributed by atoms with Crippen LogP contribution < -0.4 is 0 Å². The van der Waals surface area contributed by atoms with Crippen LogP contribution in [0.15, 0.2) is 0 Å². The van der Waals surface area contributed by atoms with Gasteiger partial charge in [0.1, 0.15) is 0 Å². The van der Waals surface area contributed by atoms with E-state index in [1.165, 1.54) is 39.1 Å². The summed E-state index contributed by atoms with van der Waals surface area (Å²) < 4.78 is 0. The predicted molar refractivity (Wildman–Crippen MR) is 53.4 cm³/mol. The summed E-state index contributed by atoms with van der Waals surface area (Å²) in [6.45, 7) is 13.1. The van der Waals surface area contributed by atoms with Crippen LogP contribution in [0, 0.1) is 0 Å². The molecular weight excluding hydrogens is 148 g/mol. The Morgan fingerprint density at radius 2 is 2.00 bits per heavy atom. The molecule has 0 aliphatic carbocycles. The first-order valence-corrected chi connectivity index (χ1v) is 5.24. The van der Waals surface area contributed by atoms with Gasteiger partial charge in [0, 0.05) is 25.7 Å². The lowest BCUT2D eigenvalue weighted by atomic mass is 10.2. The van der Waals surface area contributed by atoms with Gasteiger partial charge in [0.2, 0.25) is 0 Å². The summed E-state index contributed by atoms with van der Waals surface area (Å²) in [5.41, 5.74) is 0. The highest BCUT2D eigenvalue weighted by molar-refractivity contribution is 4.77. The summed E-state index contributed by atoms with van der Waals surface area (Å²) in [6.07, 6.45) is 1.29. The van der Waals surface area contributed by atoms with Crippen LogP contribution in [0.4, 0.5) is 0 Å². The van der Waals surface area contributed by atoms with Gasteiger partial charge < -0.3 is 4.90 Å². The molecule has 0 unspecified atom stereocenters. The first-order chi connectivity index (χ1) is 5.77. The summed E-state index contributed by atoms with van der Waals surface area (Å²) in [5, 5.41) is 0. The van der Waals surface area contributed by atoms with Gasteiger partial charge in [0.15, 0.2) is 0 Å². The van der Waals surface area contributed by atoms with Crippen molar-refractivity contribution < 1.29 is 0 Å². The largest absolute Gasteiger partial charge is 0.301 e. The van der Waals surface area contributed by atoms with Gasteiger partial charge in [-0.1, -0.05) is 13.8 Å². The Hall–Kier alpha value is -0.0800. The average Bonchev–Trinajstić information content (AvgIpc) is 2.05. The Morgan fingerprint density at radius 1 is 1.25 bits per heavy atom. The Balaban J connectivity index is 2.30. The molecule has 1 saturated heterocycles. The normalized spacial score (nSPS) is 27.8. The third-order valence-electron chi connectivity index (χ3n) is 2.80. The van der Waals surface area contributed by atoms with E-state index in [0.717, 1.165) is 6.04 Å². The van der Waals surface area contributed by atoms with E-state index in [2.05, 4.69) is 30.6 Å². The van der Waals surface area contributed by atoms with Crippen LogP contribution in [0.1, 0.15) is 27.2 Å². The summed E-state index contributed by atoms with van der Waals surface area (Å²) in [4.78, 5) is 5.14. The van der Waals surface area contributed by atoms with E-state index in [1.807, 2.05) is 0 Å². The average molecular weight is 170 g/mol. The van der Waals surface area contributed by atoms with Crippen molar-refractivity contribution in [2.75, 3.05) is 32.7 Å². The van der Waals surface area contributed by atoms with E-state index in [1.54, 1.807) is 0 Å². The van der Waals surface area contributed by atoms with E-state index in [-0.39, 0.29) is 0 Å². The molecule has 0 aromatic rings. The fourth-order valence-electron chi connectivity index (χ4n) is 2.06. The summed E-state index contributed by atoms with van der Waals surface area (Å²) in [6, 6.07) is 0.760. The van der Waals surface area contributed by atoms with E-state index in [0.29, 0.717) is 0 Å². The van der Waals surface area contributed by atoms with Gasteiger partial charge in [-0.3, -0.25) is 4.90 Å². The predicted octanol–water partition coefficient (Wildman–Crippen LogP) is 1.42. The SMILES string of the molecule is CCCN1CCN(CC)[C@@H](C)C1. The highest BCUT2D eigenvalue weighted by atomic mass is 15.3. The smallest absolute Gasteiger partial charge is 0.0195 e. The van der Waals surface area contributed by atoms with Gasteiger partial charge >= 0.3 is 0 Å². The number of hydrogen-bond acceptors (Lipinski definition) is 2. The van der Waals surface area contributed by atoms with Crippen molar-refractivity contribution in [3.05, 3.63) is 0 Å². The van der Waals surface area contributed by atoms with Crippen molar-refractivity contribution in [1.29, 1.82) is 0 Å². The maximum absolute atomic E-state index is 2.58. The van der Waals surface area contributed by atoms with Crippen molar-refractivity contribution in [1.82, 2.24) is 9.80 Å². The minimum absolute atomic E-state index is 0.760. The third kappa shape index (κ3) is 2.46. The minimum atomic E-state index is 0.760.